The smallest absolute Gasteiger partial charge is 0.287 e. The number of carbonyl (C=O) groups is 1. The van der Waals surface area contributed by atoms with Crippen LogP contribution in [0.2, 0.25) is 0 Å². The minimum absolute atomic E-state index is 0.175. The van der Waals surface area contributed by atoms with Crippen LogP contribution in [0.4, 0.5) is 5.69 Å². The number of ether oxygens (including phenoxy) is 1. The van der Waals surface area contributed by atoms with Crippen LogP contribution in [0, 0.1) is 5.92 Å². The highest BCUT2D eigenvalue weighted by Crippen LogP contribution is 2.31. The Morgan fingerprint density at radius 2 is 2.22 bits per heavy atom. The Morgan fingerprint density at radius 1 is 1.39 bits per heavy atom. The van der Waals surface area contributed by atoms with E-state index in [2.05, 4.69) is 32.2 Å². The van der Waals surface area contributed by atoms with E-state index < -0.39 is 0 Å². The molecule has 1 atom stereocenters. The molecule has 1 amide bonds. The summed E-state index contributed by atoms with van der Waals surface area (Å²) < 4.78 is 11.2. The zero-order chi connectivity index (χ0) is 16.2. The predicted octanol–water partition coefficient (Wildman–Crippen LogP) is 3.31. The molecule has 5 nitrogen and oxygen atoms in total. The molecule has 1 unspecified atom stereocenters. The highest BCUT2D eigenvalue weighted by molar-refractivity contribution is 9.10. The zero-order valence-corrected chi connectivity index (χ0v) is 14.5. The van der Waals surface area contributed by atoms with Gasteiger partial charge in [-0.2, -0.15) is 0 Å². The van der Waals surface area contributed by atoms with Crippen LogP contribution in [0.5, 0.6) is 5.75 Å². The number of hydrogen-bond acceptors (Lipinski definition) is 4. The van der Waals surface area contributed by atoms with Crippen LogP contribution < -0.4 is 15.0 Å². The van der Waals surface area contributed by atoms with Crippen molar-refractivity contribution in [2.24, 2.45) is 5.92 Å². The van der Waals surface area contributed by atoms with Gasteiger partial charge in [-0.25, -0.2) is 0 Å². The molecule has 1 aliphatic rings. The summed E-state index contributed by atoms with van der Waals surface area (Å²) >= 11 is 3.20. The normalized spacial score (nSPS) is 17.3. The van der Waals surface area contributed by atoms with Crippen LogP contribution in [0.3, 0.4) is 0 Å². The lowest BCUT2D eigenvalue weighted by molar-refractivity contribution is 0.0919. The zero-order valence-electron chi connectivity index (χ0n) is 12.9. The van der Waals surface area contributed by atoms with E-state index in [1.54, 1.807) is 19.2 Å². The molecule has 23 heavy (non-hydrogen) atoms. The number of methoxy groups -OCH3 is 1. The molecular weight excluding hydrogens is 360 g/mol. The van der Waals surface area contributed by atoms with Crippen LogP contribution in [0.15, 0.2) is 45.5 Å². The molecule has 0 spiro atoms. The van der Waals surface area contributed by atoms with E-state index in [9.17, 15) is 4.79 Å². The Morgan fingerprint density at radius 3 is 2.96 bits per heavy atom. The lowest BCUT2D eigenvalue weighted by Crippen LogP contribution is -2.30. The monoisotopic (exact) mass is 378 g/mol. The quantitative estimate of drug-likeness (QED) is 0.866. The molecular formula is C17H19BrN2O3. The molecule has 1 aromatic carbocycles. The second-order valence-corrected chi connectivity index (χ2v) is 6.37. The lowest BCUT2D eigenvalue weighted by atomic mass is 10.1. The topological polar surface area (TPSA) is 54.7 Å². The number of nitrogens with zero attached hydrogens (tertiary/aromatic N) is 1. The van der Waals surface area contributed by atoms with Gasteiger partial charge in [0.15, 0.2) is 10.4 Å². The van der Waals surface area contributed by atoms with Gasteiger partial charge >= 0.3 is 0 Å². The van der Waals surface area contributed by atoms with Gasteiger partial charge in [-0.15, -0.1) is 0 Å². The van der Waals surface area contributed by atoms with Gasteiger partial charge in [0.25, 0.3) is 5.91 Å². The fourth-order valence-corrected chi connectivity index (χ4v) is 3.18. The molecule has 1 fully saturated rings. The van der Waals surface area contributed by atoms with Gasteiger partial charge in [0.1, 0.15) is 5.75 Å². The van der Waals surface area contributed by atoms with Gasteiger partial charge in [0.2, 0.25) is 0 Å². The maximum absolute atomic E-state index is 12.0. The summed E-state index contributed by atoms with van der Waals surface area (Å²) in [5, 5.41) is 2.94. The Labute approximate surface area is 143 Å². The third kappa shape index (κ3) is 3.69. The van der Waals surface area contributed by atoms with Crippen LogP contribution in [0.1, 0.15) is 17.0 Å². The highest BCUT2D eigenvalue weighted by Gasteiger charge is 2.25. The average molecular weight is 379 g/mol. The van der Waals surface area contributed by atoms with Crippen LogP contribution in [-0.4, -0.2) is 32.7 Å². The molecule has 3 rings (SSSR count). The summed E-state index contributed by atoms with van der Waals surface area (Å²) in [5.41, 5.74) is 1.11. The molecule has 0 aliphatic carbocycles. The van der Waals surface area contributed by atoms with Crippen molar-refractivity contribution in [3.63, 3.8) is 0 Å². The van der Waals surface area contributed by atoms with Gasteiger partial charge in [-0.1, -0.05) is 12.1 Å². The molecule has 1 aromatic heterocycles. The summed E-state index contributed by atoms with van der Waals surface area (Å²) in [5.74, 6) is 1.46. The van der Waals surface area contributed by atoms with Crippen molar-refractivity contribution >= 4 is 27.5 Å². The number of furan rings is 1. The van der Waals surface area contributed by atoms with Crippen molar-refractivity contribution in [1.29, 1.82) is 0 Å². The molecule has 1 aliphatic heterocycles. The molecule has 2 heterocycles. The second kappa shape index (κ2) is 7.08. The van der Waals surface area contributed by atoms with Gasteiger partial charge in [-0.3, -0.25) is 4.79 Å². The molecule has 1 saturated heterocycles. The molecule has 0 bridgehead atoms. The second-order valence-electron chi connectivity index (χ2n) is 5.59. The maximum Gasteiger partial charge on any atom is 0.287 e. The number of benzene rings is 1. The van der Waals surface area contributed by atoms with Crippen LogP contribution in [0.25, 0.3) is 0 Å². The predicted molar refractivity (Wildman–Crippen MR) is 92.1 cm³/mol. The van der Waals surface area contributed by atoms with Gasteiger partial charge in [-0.05, 0) is 52.5 Å². The van der Waals surface area contributed by atoms with E-state index in [1.807, 2.05) is 18.2 Å². The van der Waals surface area contributed by atoms with Crippen molar-refractivity contribution in [3.8, 4) is 5.75 Å². The number of halogens is 1. The van der Waals surface area contributed by atoms with Gasteiger partial charge in [0, 0.05) is 19.6 Å². The van der Waals surface area contributed by atoms with Crippen LogP contribution in [-0.2, 0) is 0 Å². The summed E-state index contributed by atoms with van der Waals surface area (Å²) in [6.45, 7) is 2.51. The number of carbonyl (C=O) groups excluding carboxylic acids is 1. The first-order valence-corrected chi connectivity index (χ1v) is 8.38. The molecule has 0 radical (unpaired) electrons. The first kappa shape index (κ1) is 15.9. The molecule has 122 valence electrons. The third-order valence-corrected chi connectivity index (χ3v) is 4.49. The largest absolute Gasteiger partial charge is 0.495 e. The number of amides is 1. The molecule has 0 saturated carbocycles. The van der Waals surface area contributed by atoms with Crippen molar-refractivity contribution in [2.45, 2.75) is 6.42 Å². The summed E-state index contributed by atoms with van der Waals surface area (Å²) in [6, 6.07) is 11.4. The Bertz CT molecular complexity index is 686. The summed E-state index contributed by atoms with van der Waals surface area (Å²) in [6.07, 6.45) is 1.04. The van der Waals surface area contributed by atoms with E-state index in [-0.39, 0.29) is 5.91 Å². The number of rotatable bonds is 5. The standard InChI is InChI=1S/C17H19BrN2O3/c1-22-14-5-3-2-4-13(14)20-9-8-12(11-20)10-19-17(21)15-6-7-16(18)23-15/h2-7,12H,8-11H2,1H3,(H,19,21). The minimum Gasteiger partial charge on any atom is -0.495 e. The average Bonchev–Trinajstić information content (AvgIpc) is 3.21. The van der Waals surface area contributed by atoms with E-state index in [1.165, 1.54) is 0 Å². The van der Waals surface area contributed by atoms with Gasteiger partial charge in [0.05, 0.1) is 12.8 Å². The number of hydrogen-bond donors (Lipinski definition) is 1. The fraction of sp³-hybridized carbons (Fsp3) is 0.353. The SMILES string of the molecule is COc1ccccc1N1CCC(CNC(=O)c2ccc(Br)o2)C1. The molecule has 1 N–H and O–H groups in total. The number of para-hydroxylation sites is 2. The van der Waals surface area contributed by atoms with E-state index in [4.69, 9.17) is 9.15 Å². The van der Waals surface area contributed by atoms with Crippen molar-refractivity contribution in [3.05, 3.63) is 46.8 Å². The molecule has 6 heteroatoms. The van der Waals surface area contributed by atoms with Crippen molar-refractivity contribution in [1.82, 2.24) is 5.32 Å². The van der Waals surface area contributed by atoms with E-state index in [0.717, 1.165) is 30.9 Å². The minimum atomic E-state index is -0.175. The first-order chi connectivity index (χ1) is 11.2. The van der Waals surface area contributed by atoms with E-state index >= 15 is 0 Å². The number of nitrogens with one attached hydrogen (secondary N) is 1. The Balaban J connectivity index is 1.55. The Hall–Kier alpha value is -1.95. The van der Waals surface area contributed by atoms with Crippen molar-refractivity contribution in [2.75, 3.05) is 31.6 Å². The van der Waals surface area contributed by atoms with Crippen molar-refractivity contribution < 1.29 is 13.9 Å². The molecule has 2 aromatic rings. The summed E-state index contributed by atoms with van der Waals surface area (Å²) in [7, 11) is 1.69. The Kier molecular flexibility index (Phi) is 4.91. The van der Waals surface area contributed by atoms with Crippen LogP contribution >= 0.6 is 15.9 Å². The van der Waals surface area contributed by atoms with Gasteiger partial charge < -0.3 is 19.4 Å². The number of anilines is 1. The van der Waals surface area contributed by atoms with E-state index in [0.29, 0.717) is 22.9 Å². The fourth-order valence-electron chi connectivity index (χ4n) is 2.87. The highest BCUT2D eigenvalue weighted by atomic mass is 79.9. The third-order valence-electron chi connectivity index (χ3n) is 4.06. The first-order valence-electron chi connectivity index (χ1n) is 7.59. The lowest BCUT2D eigenvalue weighted by Gasteiger charge is -2.21. The maximum atomic E-state index is 12.0. The summed E-state index contributed by atoms with van der Waals surface area (Å²) in [4.78, 5) is 14.3.